The monoisotopic (exact) mass is 372 g/mol. The van der Waals surface area contributed by atoms with Gasteiger partial charge in [0.15, 0.2) is 0 Å². The van der Waals surface area contributed by atoms with Crippen LogP contribution in [0, 0.1) is 13.8 Å². The molecule has 1 atom stereocenters. The minimum absolute atomic E-state index is 0.141. The molecule has 0 saturated carbocycles. The zero-order chi connectivity index (χ0) is 18.7. The highest BCUT2D eigenvalue weighted by molar-refractivity contribution is 6.32. The van der Waals surface area contributed by atoms with Gasteiger partial charge in [0, 0.05) is 18.0 Å². The van der Waals surface area contributed by atoms with Gasteiger partial charge < -0.3 is 9.84 Å². The molecule has 6 nitrogen and oxygen atoms in total. The van der Waals surface area contributed by atoms with Crippen molar-refractivity contribution in [2.45, 2.75) is 33.2 Å². The molecule has 0 bridgehead atoms. The Hall–Kier alpha value is -2.60. The molecule has 0 spiro atoms. The fourth-order valence-corrected chi connectivity index (χ4v) is 3.23. The van der Waals surface area contributed by atoms with Crippen LogP contribution < -0.4 is 10.9 Å². The van der Waals surface area contributed by atoms with Crippen LogP contribution in [0.15, 0.2) is 45.8 Å². The van der Waals surface area contributed by atoms with Crippen LogP contribution in [0.4, 0.5) is 5.69 Å². The third kappa shape index (κ3) is 3.80. The molecule has 0 aliphatic carbocycles. The molecule has 1 aromatic carbocycles. The summed E-state index contributed by atoms with van der Waals surface area (Å²) in [5, 5.41) is 11.6. The molecular formula is C19H21ClN4O2. The molecule has 136 valence electrons. The van der Waals surface area contributed by atoms with Crippen LogP contribution in [0.2, 0.25) is 5.02 Å². The number of nitrogens with zero attached hydrogens (tertiary/aromatic N) is 3. The minimum atomic E-state index is -0.314. The van der Waals surface area contributed by atoms with Crippen LogP contribution >= 0.6 is 11.6 Å². The number of halogens is 1. The van der Waals surface area contributed by atoms with Gasteiger partial charge in [-0.25, -0.2) is 4.68 Å². The summed E-state index contributed by atoms with van der Waals surface area (Å²) in [6.45, 7) is 6.85. The second-order valence-corrected chi connectivity index (χ2v) is 6.72. The third-order valence-corrected chi connectivity index (χ3v) is 4.71. The maximum atomic E-state index is 12.5. The number of hydrogen-bond acceptors (Lipinski definition) is 5. The van der Waals surface area contributed by atoms with Gasteiger partial charge in [-0.1, -0.05) is 54.0 Å². The van der Waals surface area contributed by atoms with E-state index in [0.717, 1.165) is 22.6 Å². The van der Waals surface area contributed by atoms with Gasteiger partial charge in [-0.05, 0) is 19.4 Å². The Morgan fingerprint density at radius 1 is 1.27 bits per heavy atom. The SMILES string of the molecule is Cc1noc(C)c1[C@@H](C)CNc1cnn(Cc2ccccc2)c(=O)c1Cl. The number of rotatable bonds is 6. The molecular weight excluding hydrogens is 352 g/mol. The van der Waals surface area contributed by atoms with Gasteiger partial charge in [0.2, 0.25) is 0 Å². The lowest BCUT2D eigenvalue weighted by Crippen LogP contribution is -2.25. The number of anilines is 1. The molecule has 0 unspecified atom stereocenters. The Morgan fingerprint density at radius 3 is 2.65 bits per heavy atom. The maximum Gasteiger partial charge on any atom is 0.287 e. The predicted octanol–water partition coefficient (Wildman–Crippen LogP) is 3.77. The smallest absolute Gasteiger partial charge is 0.287 e. The van der Waals surface area contributed by atoms with Crippen molar-refractivity contribution in [2.75, 3.05) is 11.9 Å². The molecule has 0 aliphatic rings. The molecule has 2 aromatic heterocycles. The summed E-state index contributed by atoms with van der Waals surface area (Å²) >= 11 is 6.27. The van der Waals surface area contributed by atoms with Gasteiger partial charge in [0.25, 0.3) is 5.56 Å². The number of nitrogens with one attached hydrogen (secondary N) is 1. The Balaban J connectivity index is 1.73. The van der Waals surface area contributed by atoms with Crippen molar-refractivity contribution < 1.29 is 4.52 Å². The first-order valence-corrected chi connectivity index (χ1v) is 8.81. The van der Waals surface area contributed by atoms with Gasteiger partial charge in [-0.15, -0.1) is 0 Å². The van der Waals surface area contributed by atoms with E-state index in [-0.39, 0.29) is 16.5 Å². The average molecular weight is 373 g/mol. The van der Waals surface area contributed by atoms with Gasteiger partial charge >= 0.3 is 0 Å². The van der Waals surface area contributed by atoms with E-state index in [2.05, 4.69) is 22.5 Å². The molecule has 0 saturated heterocycles. The quantitative estimate of drug-likeness (QED) is 0.713. The second-order valence-electron chi connectivity index (χ2n) is 6.34. The molecule has 0 amide bonds. The van der Waals surface area contributed by atoms with E-state index in [1.54, 1.807) is 6.20 Å². The summed E-state index contributed by atoms with van der Waals surface area (Å²) in [5.74, 6) is 0.961. The summed E-state index contributed by atoms with van der Waals surface area (Å²) in [6, 6.07) is 9.67. The van der Waals surface area contributed by atoms with Crippen LogP contribution in [0.3, 0.4) is 0 Å². The van der Waals surface area contributed by atoms with Crippen molar-refractivity contribution in [1.82, 2.24) is 14.9 Å². The second kappa shape index (κ2) is 7.74. The normalized spacial score (nSPS) is 12.2. The summed E-state index contributed by atoms with van der Waals surface area (Å²) in [4.78, 5) is 12.5. The molecule has 0 aliphatic heterocycles. The minimum Gasteiger partial charge on any atom is -0.382 e. The Kier molecular flexibility index (Phi) is 5.42. The largest absolute Gasteiger partial charge is 0.382 e. The van der Waals surface area contributed by atoms with Crippen molar-refractivity contribution in [3.05, 3.63) is 74.5 Å². The first-order valence-electron chi connectivity index (χ1n) is 8.43. The predicted molar refractivity (Wildman–Crippen MR) is 102 cm³/mol. The molecule has 26 heavy (non-hydrogen) atoms. The summed E-state index contributed by atoms with van der Waals surface area (Å²) < 4.78 is 6.58. The lowest BCUT2D eigenvalue weighted by Gasteiger charge is -2.15. The van der Waals surface area contributed by atoms with Gasteiger partial charge in [0.1, 0.15) is 10.8 Å². The average Bonchev–Trinajstić information content (AvgIpc) is 2.97. The molecule has 3 rings (SSSR count). The van der Waals surface area contributed by atoms with E-state index in [0.29, 0.717) is 18.8 Å². The van der Waals surface area contributed by atoms with Gasteiger partial charge in [-0.3, -0.25) is 4.79 Å². The van der Waals surface area contributed by atoms with Crippen LogP contribution in [0.1, 0.15) is 35.4 Å². The first kappa shape index (κ1) is 18.2. The van der Waals surface area contributed by atoms with Crippen LogP contribution in [-0.2, 0) is 6.54 Å². The highest BCUT2D eigenvalue weighted by Crippen LogP contribution is 2.24. The van der Waals surface area contributed by atoms with Gasteiger partial charge in [-0.2, -0.15) is 5.10 Å². The number of aryl methyl sites for hydroxylation is 2. The van der Waals surface area contributed by atoms with E-state index in [1.807, 2.05) is 44.2 Å². The number of aromatic nitrogens is 3. The van der Waals surface area contributed by atoms with E-state index in [9.17, 15) is 4.79 Å². The zero-order valence-electron chi connectivity index (χ0n) is 15.0. The molecule has 7 heteroatoms. The summed E-state index contributed by atoms with van der Waals surface area (Å²) in [6.07, 6.45) is 1.59. The Morgan fingerprint density at radius 2 is 2.00 bits per heavy atom. The van der Waals surface area contributed by atoms with E-state index >= 15 is 0 Å². The molecule has 0 fully saturated rings. The maximum absolute atomic E-state index is 12.5. The van der Waals surface area contributed by atoms with Crippen molar-refractivity contribution in [3.8, 4) is 0 Å². The standard InChI is InChI=1S/C19H21ClN4O2/c1-12(17-13(2)23-26-14(17)3)9-21-16-10-22-24(19(25)18(16)20)11-15-7-5-4-6-8-15/h4-8,10,12,21H,9,11H2,1-3H3/t12-/m0/s1. The van der Waals surface area contributed by atoms with E-state index in [1.165, 1.54) is 4.68 Å². The van der Waals surface area contributed by atoms with Crippen LogP contribution in [0.25, 0.3) is 0 Å². The lowest BCUT2D eigenvalue weighted by molar-refractivity contribution is 0.391. The molecule has 3 aromatic rings. The number of hydrogen-bond donors (Lipinski definition) is 1. The topological polar surface area (TPSA) is 73.0 Å². The van der Waals surface area contributed by atoms with Crippen LogP contribution in [0.5, 0.6) is 0 Å². The summed E-state index contributed by atoms with van der Waals surface area (Å²) in [7, 11) is 0. The van der Waals surface area contributed by atoms with E-state index < -0.39 is 0 Å². The van der Waals surface area contributed by atoms with Crippen molar-refractivity contribution >= 4 is 17.3 Å². The molecule has 0 radical (unpaired) electrons. The van der Waals surface area contributed by atoms with E-state index in [4.69, 9.17) is 16.1 Å². The number of benzene rings is 1. The van der Waals surface area contributed by atoms with Crippen molar-refractivity contribution in [1.29, 1.82) is 0 Å². The Bertz CT molecular complexity index is 930. The van der Waals surface area contributed by atoms with Crippen molar-refractivity contribution in [3.63, 3.8) is 0 Å². The van der Waals surface area contributed by atoms with Gasteiger partial charge in [0.05, 0.1) is 24.1 Å². The molecule has 2 heterocycles. The Labute approximate surface area is 156 Å². The third-order valence-electron chi connectivity index (χ3n) is 4.34. The first-order chi connectivity index (χ1) is 12.5. The zero-order valence-corrected chi connectivity index (χ0v) is 15.7. The molecule has 1 N–H and O–H groups in total. The summed E-state index contributed by atoms with van der Waals surface area (Å²) in [5.41, 5.74) is 3.15. The fraction of sp³-hybridized carbons (Fsp3) is 0.316. The highest BCUT2D eigenvalue weighted by atomic mass is 35.5. The van der Waals surface area contributed by atoms with Crippen molar-refractivity contribution in [2.24, 2.45) is 0 Å². The lowest BCUT2D eigenvalue weighted by atomic mass is 9.99. The fourth-order valence-electron chi connectivity index (χ4n) is 3.02. The highest BCUT2D eigenvalue weighted by Gasteiger charge is 2.17. The van der Waals surface area contributed by atoms with Crippen LogP contribution in [-0.4, -0.2) is 21.5 Å².